The first-order valence-electron chi connectivity index (χ1n) is 16.1. The van der Waals surface area contributed by atoms with Gasteiger partial charge in [-0.1, -0.05) is 13.8 Å². The summed E-state index contributed by atoms with van der Waals surface area (Å²) in [5.74, 6) is 1.17. The maximum atomic E-state index is 12.6. The molecular formula is C31H56N2O7S. The summed E-state index contributed by atoms with van der Waals surface area (Å²) in [7, 11) is -0.176. The van der Waals surface area contributed by atoms with Crippen LogP contribution in [0.1, 0.15) is 90.9 Å². The van der Waals surface area contributed by atoms with Gasteiger partial charge in [-0.25, -0.2) is 8.42 Å². The fourth-order valence-corrected chi connectivity index (χ4v) is 10.4. The standard InChI is InChI=1S/C31H56N2O7S/c1-30-13-12-23(34)18-22(30)19-26(35)29-24-11-10-21(31(24,2)27(36)20-25(29)30)8-5-9-28(37)32-14-6-15-33(3,4)16-7-17-41(38,39)40/h21-27,29,34-36H,5-20H2,1-4H3,(H-,32,37,38,39,40)/t21?,22-,23+,24-,25-,26+,27-,29-,30-,31+/m0/s1. The van der Waals surface area contributed by atoms with E-state index in [4.69, 9.17) is 0 Å². The lowest BCUT2D eigenvalue weighted by atomic mass is 9.43. The molecule has 0 radical (unpaired) electrons. The number of aliphatic hydroxyl groups excluding tert-OH is 3. The van der Waals surface area contributed by atoms with Crippen LogP contribution in [0.3, 0.4) is 0 Å². The van der Waals surface area contributed by atoms with E-state index in [0.717, 1.165) is 70.8 Å². The Kier molecular flexibility index (Phi) is 10.2. The van der Waals surface area contributed by atoms with Crippen LogP contribution < -0.4 is 5.32 Å². The molecule has 4 N–H and O–H groups in total. The lowest BCUT2D eigenvalue weighted by molar-refractivity contribution is -0.890. The van der Waals surface area contributed by atoms with Gasteiger partial charge >= 0.3 is 0 Å². The number of hydrogen-bond donors (Lipinski definition) is 4. The quantitative estimate of drug-likeness (QED) is 0.153. The number of rotatable bonds is 12. The molecule has 4 aliphatic carbocycles. The Labute approximate surface area is 247 Å². The molecule has 0 bridgehead atoms. The second-order valence-corrected chi connectivity index (χ2v) is 16.7. The highest BCUT2D eigenvalue weighted by atomic mass is 32.2. The molecule has 4 fully saturated rings. The number of nitrogens with one attached hydrogen (secondary N) is 1. The van der Waals surface area contributed by atoms with Crippen molar-refractivity contribution < 1.29 is 37.6 Å². The van der Waals surface area contributed by atoms with E-state index in [9.17, 15) is 33.1 Å². The predicted molar refractivity (Wildman–Crippen MR) is 157 cm³/mol. The number of quaternary nitrogens is 1. The third-order valence-electron chi connectivity index (χ3n) is 12.3. The highest BCUT2D eigenvalue weighted by Gasteiger charge is 2.65. The maximum absolute atomic E-state index is 12.6. The number of carbonyl (C=O) groups excluding carboxylic acids is 1. The Bertz CT molecular complexity index is 1020. The van der Waals surface area contributed by atoms with E-state index in [0.29, 0.717) is 54.1 Å². The Balaban J connectivity index is 1.23. The molecule has 0 spiro atoms. The summed E-state index contributed by atoms with van der Waals surface area (Å²) >= 11 is 0. The molecule has 10 heteroatoms. The van der Waals surface area contributed by atoms with Crippen LogP contribution >= 0.6 is 0 Å². The topological polar surface area (TPSA) is 147 Å². The van der Waals surface area contributed by atoms with Gasteiger partial charge in [-0.3, -0.25) is 4.79 Å². The number of carbonyl (C=O) groups is 1. The Morgan fingerprint density at radius 1 is 0.976 bits per heavy atom. The minimum atomic E-state index is -4.18. The third kappa shape index (κ3) is 7.31. The number of nitrogens with zero attached hydrogens (tertiary/aromatic N) is 1. The maximum Gasteiger partial charge on any atom is 0.219 e. The van der Waals surface area contributed by atoms with Crippen molar-refractivity contribution in [3.05, 3.63) is 0 Å². The molecule has 10 atom stereocenters. The van der Waals surface area contributed by atoms with Crippen molar-refractivity contribution >= 4 is 16.0 Å². The molecule has 0 aromatic rings. The lowest BCUT2D eigenvalue weighted by Crippen LogP contribution is -2.62. The third-order valence-corrected chi connectivity index (χ3v) is 13.1. The van der Waals surface area contributed by atoms with Gasteiger partial charge in [0.05, 0.1) is 55.6 Å². The van der Waals surface area contributed by atoms with E-state index in [1.165, 1.54) is 0 Å². The van der Waals surface area contributed by atoms with Crippen molar-refractivity contribution in [3.8, 4) is 0 Å². The van der Waals surface area contributed by atoms with Crippen molar-refractivity contribution in [1.29, 1.82) is 0 Å². The summed E-state index contributed by atoms with van der Waals surface area (Å²) < 4.78 is 33.1. The van der Waals surface area contributed by atoms with E-state index in [2.05, 4.69) is 19.2 Å². The molecule has 4 saturated carbocycles. The highest BCUT2D eigenvalue weighted by molar-refractivity contribution is 7.85. The minimum absolute atomic E-state index is 0.0397. The number of amides is 1. The van der Waals surface area contributed by atoms with Gasteiger partial charge in [0.2, 0.25) is 5.91 Å². The molecular weight excluding hydrogens is 544 g/mol. The first kappa shape index (κ1) is 33.1. The van der Waals surface area contributed by atoms with Crippen LogP contribution in [0.15, 0.2) is 0 Å². The van der Waals surface area contributed by atoms with Crippen molar-refractivity contribution in [1.82, 2.24) is 5.32 Å². The smallest absolute Gasteiger partial charge is 0.219 e. The highest BCUT2D eigenvalue weighted by Crippen LogP contribution is 2.67. The van der Waals surface area contributed by atoms with E-state index >= 15 is 0 Å². The van der Waals surface area contributed by atoms with Crippen LogP contribution in [0.5, 0.6) is 0 Å². The van der Waals surface area contributed by atoms with Gasteiger partial charge in [-0.2, -0.15) is 0 Å². The Morgan fingerprint density at radius 3 is 2.39 bits per heavy atom. The summed E-state index contributed by atoms with van der Waals surface area (Å²) in [5, 5.41) is 36.4. The van der Waals surface area contributed by atoms with Crippen molar-refractivity contribution in [2.24, 2.45) is 40.4 Å². The second kappa shape index (κ2) is 12.7. The van der Waals surface area contributed by atoms with Gasteiger partial charge < -0.3 is 29.7 Å². The van der Waals surface area contributed by atoms with Crippen LogP contribution in [-0.4, -0.2) is 96.5 Å². The summed E-state index contributed by atoms with van der Waals surface area (Å²) in [6.07, 6.45) is 8.36. The van der Waals surface area contributed by atoms with Crippen LogP contribution in [0.25, 0.3) is 0 Å². The Hall–Kier alpha value is -0.780. The van der Waals surface area contributed by atoms with E-state index in [-0.39, 0.29) is 40.6 Å². The summed E-state index contributed by atoms with van der Waals surface area (Å²) in [6.45, 7) is 6.56. The van der Waals surface area contributed by atoms with Gasteiger partial charge in [-0.15, -0.1) is 0 Å². The first-order chi connectivity index (χ1) is 19.1. The van der Waals surface area contributed by atoms with Gasteiger partial charge in [0.25, 0.3) is 0 Å². The molecule has 0 aliphatic heterocycles. The second-order valence-electron chi connectivity index (χ2n) is 15.2. The molecule has 0 heterocycles. The average molecular weight is 601 g/mol. The molecule has 1 unspecified atom stereocenters. The lowest BCUT2D eigenvalue weighted by Gasteiger charge is -2.63. The molecule has 4 aliphatic rings. The monoisotopic (exact) mass is 600 g/mol. The first-order valence-corrected chi connectivity index (χ1v) is 17.7. The largest absolute Gasteiger partial charge is 0.748 e. The summed E-state index contributed by atoms with van der Waals surface area (Å²) in [6, 6.07) is 0. The van der Waals surface area contributed by atoms with Gasteiger partial charge in [0.1, 0.15) is 0 Å². The van der Waals surface area contributed by atoms with E-state index < -0.39 is 16.2 Å². The van der Waals surface area contributed by atoms with Crippen molar-refractivity contribution in [2.45, 2.75) is 109 Å². The fraction of sp³-hybridized carbons (Fsp3) is 0.968. The average Bonchev–Trinajstić information content (AvgIpc) is 3.20. The Morgan fingerprint density at radius 2 is 1.68 bits per heavy atom. The van der Waals surface area contributed by atoms with Gasteiger partial charge in [0.15, 0.2) is 0 Å². The SMILES string of the molecule is C[C@]12CC[C@@H](O)C[C@H]1C[C@@H](O)[C@@H]1[C@@H]2C[C@H](O)[C@]2(C)C(CCCC(=O)NCCC[N+](C)(C)CCCS(=O)(=O)[O-])CC[C@@H]12. The molecule has 0 aromatic carbocycles. The van der Waals surface area contributed by atoms with Crippen molar-refractivity contribution in [2.75, 3.05) is 39.5 Å². The normalized spacial score (nSPS) is 40.9. The molecule has 0 aromatic heterocycles. The van der Waals surface area contributed by atoms with E-state index in [1.807, 2.05) is 14.1 Å². The van der Waals surface area contributed by atoms with Crippen LogP contribution in [0, 0.1) is 40.4 Å². The molecule has 238 valence electrons. The molecule has 1 amide bonds. The number of fused-ring (bicyclic) bond motifs is 5. The molecule has 9 nitrogen and oxygen atoms in total. The number of hydrogen-bond acceptors (Lipinski definition) is 7. The van der Waals surface area contributed by atoms with Gasteiger partial charge in [-0.05, 0) is 98.2 Å². The van der Waals surface area contributed by atoms with E-state index in [1.54, 1.807) is 0 Å². The van der Waals surface area contributed by atoms with Crippen LogP contribution in [-0.2, 0) is 14.9 Å². The minimum Gasteiger partial charge on any atom is -0.748 e. The van der Waals surface area contributed by atoms with Crippen molar-refractivity contribution in [3.63, 3.8) is 0 Å². The molecule has 41 heavy (non-hydrogen) atoms. The van der Waals surface area contributed by atoms with Gasteiger partial charge in [0, 0.05) is 31.6 Å². The van der Waals surface area contributed by atoms with Crippen LogP contribution in [0.2, 0.25) is 0 Å². The van der Waals surface area contributed by atoms with Crippen LogP contribution in [0.4, 0.5) is 0 Å². The fourth-order valence-electron chi connectivity index (χ4n) is 9.88. The zero-order chi connectivity index (χ0) is 30.2. The molecule has 4 rings (SSSR count). The number of aliphatic hydroxyl groups is 3. The summed E-state index contributed by atoms with van der Waals surface area (Å²) in [5.41, 5.74) is -0.155. The predicted octanol–water partition coefficient (Wildman–Crippen LogP) is 2.64. The zero-order valence-corrected chi connectivity index (χ0v) is 26.6. The summed E-state index contributed by atoms with van der Waals surface area (Å²) in [4.78, 5) is 12.6. The zero-order valence-electron chi connectivity index (χ0n) is 25.8. The molecule has 0 saturated heterocycles.